The van der Waals surface area contributed by atoms with Gasteiger partial charge in [0.15, 0.2) is 5.69 Å². The Kier molecular flexibility index (Phi) is 5.42. The molecule has 0 unspecified atom stereocenters. The summed E-state index contributed by atoms with van der Waals surface area (Å²) in [4.78, 5) is 3.38. The zero-order valence-corrected chi connectivity index (χ0v) is 13.4. The van der Waals surface area contributed by atoms with Gasteiger partial charge in [-0.1, -0.05) is 18.5 Å². The van der Waals surface area contributed by atoms with Crippen molar-refractivity contribution in [1.82, 2.24) is 9.78 Å². The first-order chi connectivity index (χ1) is 10.6. The maximum absolute atomic E-state index is 9.17. The van der Waals surface area contributed by atoms with E-state index in [0.29, 0.717) is 35.3 Å². The summed E-state index contributed by atoms with van der Waals surface area (Å²) in [6.07, 6.45) is 1.25. The van der Waals surface area contributed by atoms with Crippen LogP contribution >= 0.6 is 11.6 Å². The quantitative estimate of drug-likeness (QED) is 0.819. The van der Waals surface area contributed by atoms with Gasteiger partial charge < -0.3 is 9.84 Å². The number of halogens is 1. The second-order valence-electron chi connectivity index (χ2n) is 4.73. The van der Waals surface area contributed by atoms with Crippen molar-refractivity contribution in [3.8, 4) is 11.6 Å². The number of aromatic nitrogens is 2. The summed E-state index contributed by atoms with van der Waals surface area (Å²) in [5.41, 5.74) is 2.24. The van der Waals surface area contributed by atoms with Crippen LogP contribution in [-0.4, -0.2) is 21.5 Å². The highest BCUT2D eigenvalue weighted by atomic mass is 35.5. The van der Waals surface area contributed by atoms with Crippen molar-refractivity contribution in [2.45, 2.75) is 33.2 Å². The summed E-state index contributed by atoms with van der Waals surface area (Å²) in [6.45, 7) is 11.8. The van der Waals surface area contributed by atoms with Crippen LogP contribution in [0.1, 0.15) is 25.1 Å². The number of hydrogen-bond donors (Lipinski definition) is 1. The number of rotatable bonds is 6. The normalized spacial score (nSPS) is 10.5. The first-order valence-corrected chi connectivity index (χ1v) is 7.56. The molecule has 0 saturated heterocycles. The summed E-state index contributed by atoms with van der Waals surface area (Å²) in [6, 6.07) is 4.92. The Morgan fingerprint density at radius 2 is 2.14 bits per heavy atom. The van der Waals surface area contributed by atoms with Crippen LogP contribution in [0.2, 0.25) is 5.02 Å². The lowest BCUT2D eigenvalue weighted by Crippen LogP contribution is -2.01. The summed E-state index contributed by atoms with van der Waals surface area (Å²) in [5.74, 6) is 1.16. The average molecular weight is 320 g/mol. The molecule has 1 heterocycles. The fourth-order valence-electron chi connectivity index (χ4n) is 2.30. The van der Waals surface area contributed by atoms with Gasteiger partial charge in [-0.2, -0.15) is 5.10 Å². The van der Waals surface area contributed by atoms with Crippen LogP contribution in [0.15, 0.2) is 18.2 Å². The van der Waals surface area contributed by atoms with Crippen LogP contribution in [0.25, 0.3) is 4.85 Å². The average Bonchev–Trinajstić information content (AvgIpc) is 2.83. The number of hydrogen-bond acceptors (Lipinski definition) is 3. The predicted molar refractivity (Wildman–Crippen MR) is 85.9 cm³/mol. The maximum atomic E-state index is 9.17. The summed E-state index contributed by atoms with van der Waals surface area (Å²) < 4.78 is 7.73. The molecule has 1 N–H and O–H groups in total. The van der Waals surface area contributed by atoms with Crippen molar-refractivity contribution in [2.24, 2.45) is 0 Å². The molecule has 2 rings (SSSR count). The maximum Gasteiger partial charge on any atom is 0.221 e. The Morgan fingerprint density at radius 3 is 2.73 bits per heavy atom. The predicted octanol–water partition coefficient (Wildman–Crippen LogP) is 4.00. The zero-order chi connectivity index (χ0) is 16.1. The van der Waals surface area contributed by atoms with E-state index in [9.17, 15) is 0 Å². The first-order valence-electron chi connectivity index (χ1n) is 7.18. The van der Waals surface area contributed by atoms with Gasteiger partial charge in [-0.3, -0.25) is 0 Å². The minimum absolute atomic E-state index is 0.0478. The Morgan fingerprint density at radius 1 is 1.36 bits per heavy atom. The van der Waals surface area contributed by atoms with Gasteiger partial charge in [-0.25, -0.2) is 9.53 Å². The second-order valence-corrected chi connectivity index (χ2v) is 5.17. The molecule has 0 bridgehead atoms. The molecule has 0 atom stereocenters. The minimum atomic E-state index is 0.0478. The summed E-state index contributed by atoms with van der Waals surface area (Å²) in [7, 11) is 0. The molecule has 0 aliphatic carbocycles. The fraction of sp³-hybridized carbons (Fsp3) is 0.375. The monoisotopic (exact) mass is 319 g/mol. The van der Waals surface area contributed by atoms with Gasteiger partial charge in [0.05, 0.1) is 12.3 Å². The molecule has 0 fully saturated rings. The van der Waals surface area contributed by atoms with Gasteiger partial charge in [0.1, 0.15) is 5.75 Å². The summed E-state index contributed by atoms with van der Waals surface area (Å²) in [5, 5.41) is 14.1. The molecule has 0 radical (unpaired) electrons. The third-order valence-electron chi connectivity index (χ3n) is 3.28. The molecule has 1 aromatic carbocycles. The SMILES string of the molecule is [C-]#[N+]c1cc(Cl)cc(Oc2c(CC)c(CCO)nn2CC)c1. The standard InChI is InChI=1S/C16H18ClN3O2/c1-4-14-15(6-7-21)19-20(5-2)16(14)22-13-9-11(17)8-12(10-13)18-3/h8-10,21H,4-7H2,1-2H3. The van der Waals surface area contributed by atoms with Crippen molar-refractivity contribution in [3.05, 3.63) is 45.9 Å². The van der Waals surface area contributed by atoms with E-state index in [4.69, 9.17) is 28.0 Å². The van der Waals surface area contributed by atoms with Crippen molar-refractivity contribution in [2.75, 3.05) is 6.61 Å². The number of aliphatic hydroxyl groups excluding tert-OH is 1. The van der Waals surface area contributed by atoms with E-state index in [1.807, 2.05) is 13.8 Å². The van der Waals surface area contributed by atoms with Crippen molar-refractivity contribution >= 4 is 17.3 Å². The zero-order valence-electron chi connectivity index (χ0n) is 12.6. The lowest BCUT2D eigenvalue weighted by molar-refractivity contribution is 0.297. The molecule has 5 nitrogen and oxygen atoms in total. The molecule has 0 amide bonds. The van der Waals surface area contributed by atoms with Crippen LogP contribution in [0, 0.1) is 6.57 Å². The van der Waals surface area contributed by atoms with Crippen molar-refractivity contribution in [1.29, 1.82) is 0 Å². The van der Waals surface area contributed by atoms with E-state index in [0.717, 1.165) is 17.7 Å². The molecule has 0 spiro atoms. The van der Waals surface area contributed by atoms with Gasteiger partial charge in [0, 0.05) is 30.2 Å². The molecular weight excluding hydrogens is 302 g/mol. The van der Waals surface area contributed by atoms with Crippen LogP contribution in [0.4, 0.5) is 5.69 Å². The number of aryl methyl sites for hydroxylation is 1. The van der Waals surface area contributed by atoms with E-state index >= 15 is 0 Å². The van der Waals surface area contributed by atoms with E-state index < -0.39 is 0 Å². The topological polar surface area (TPSA) is 51.6 Å². The first kappa shape index (κ1) is 16.3. The lowest BCUT2D eigenvalue weighted by Gasteiger charge is -2.10. The van der Waals surface area contributed by atoms with E-state index in [1.165, 1.54) is 0 Å². The lowest BCUT2D eigenvalue weighted by atomic mass is 10.1. The van der Waals surface area contributed by atoms with E-state index in [1.54, 1.807) is 22.9 Å². The third-order valence-corrected chi connectivity index (χ3v) is 3.50. The van der Waals surface area contributed by atoms with Crippen molar-refractivity contribution in [3.63, 3.8) is 0 Å². The number of aliphatic hydroxyl groups is 1. The number of benzene rings is 1. The smallest absolute Gasteiger partial charge is 0.221 e. The Labute approximate surface area is 134 Å². The fourth-order valence-corrected chi connectivity index (χ4v) is 2.52. The minimum Gasteiger partial charge on any atom is -0.440 e. The van der Waals surface area contributed by atoms with Crippen LogP contribution in [0.3, 0.4) is 0 Å². The van der Waals surface area contributed by atoms with Crippen LogP contribution < -0.4 is 4.74 Å². The van der Waals surface area contributed by atoms with Crippen LogP contribution in [-0.2, 0) is 19.4 Å². The molecule has 116 valence electrons. The molecule has 22 heavy (non-hydrogen) atoms. The molecule has 2 aromatic rings. The molecule has 0 saturated carbocycles. The Hall–Kier alpha value is -2.03. The molecule has 1 aromatic heterocycles. The van der Waals surface area contributed by atoms with Gasteiger partial charge in [-0.15, -0.1) is 0 Å². The van der Waals surface area contributed by atoms with Crippen LogP contribution in [0.5, 0.6) is 11.6 Å². The Bertz CT molecular complexity index is 704. The van der Waals surface area contributed by atoms with Gasteiger partial charge in [0.2, 0.25) is 5.88 Å². The van der Waals surface area contributed by atoms with Gasteiger partial charge >= 0.3 is 0 Å². The molecular formula is C16H18ClN3O2. The largest absolute Gasteiger partial charge is 0.440 e. The van der Waals surface area contributed by atoms with Gasteiger partial charge in [-0.05, 0) is 31.5 Å². The number of nitrogens with zero attached hydrogens (tertiary/aromatic N) is 3. The van der Waals surface area contributed by atoms with E-state index in [-0.39, 0.29) is 6.61 Å². The highest BCUT2D eigenvalue weighted by Crippen LogP contribution is 2.33. The highest BCUT2D eigenvalue weighted by molar-refractivity contribution is 6.31. The van der Waals surface area contributed by atoms with E-state index in [2.05, 4.69) is 9.94 Å². The highest BCUT2D eigenvalue weighted by Gasteiger charge is 2.18. The number of ether oxygens (including phenoxy) is 1. The van der Waals surface area contributed by atoms with Gasteiger partial charge in [0.25, 0.3) is 0 Å². The second kappa shape index (κ2) is 7.30. The van der Waals surface area contributed by atoms with Crippen molar-refractivity contribution < 1.29 is 9.84 Å². The third kappa shape index (κ3) is 3.41. The molecule has 0 aliphatic rings. The Balaban J connectivity index is 2.44. The molecule has 6 heteroatoms. The summed E-state index contributed by atoms with van der Waals surface area (Å²) >= 11 is 6.02. The molecule has 0 aliphatic heterocycles.